The summed E-state index contributed by atoms with van der Waals surface area (Å²) in [6, 6.07) is 1.78. The minimum Gasteiger partial charge on any atom is -0.350 e. The summed E-state index contributed by atoms with van der Waals surface area (Å²) < 4.78 is 38.5. The zero-order valence-corrected chi connectivity index (χ0v) is 11.9. The molecule has 0 bridgehead atoms. The highest BCUT2D eigenvalue weighted by Crippen LogP contribution is 2.31. The first-order valence-corrected chi connectivity index (χ1v) is 7.09. The lowest BCUT2D eigenvalue weighted by Gasteiger charge is -2.30. The van der Waals surface area contributed by atoms with Crippen LogP contribution in [0.3, 0.4) is 0 Å². The molecule has 0 spiro atoms. The Balaban J connectivity index is 1.97. The zero-order valence-electron chi connectivity index (χ0n) is 11.9. The van der Waals surface area contributed by atoms with E-state index in [1.54, 1.807) is 0 Å². The van der Waals surface area contributed by atoms with E-state index in [1.807, 2.05) is 0 Å². The summed E-state index contributed by atoms with van der Waals surface area (Å²) in [5.74, 6) is -0.617. The molecule has 1 aliphatic carbocycles. The first-order chi connectivity index (χ1) is 10.3. The van der Waals surface area contributed by atoms with Crippen LogP contribution in [0.15, 0.2) is 18.3 Å². The van der Waals surface area contributed by atoms with E-state index in [-0.39, 0.29) is 36.1 Å². The van der Waals surface area contributed by atoms with Gasteiger partial charge in [0, 0.05) is 24.2 Å². The lowest BCUT2D eigenvalue weighted by molar-refractivity contribution is -0.139. The number of alkyl halides is 3. The van der Waals surface area contributed by atoms with Gasteiger partial charge in [-0.3, -0.25) is 9.78 Å². The number of nitrogens with two attached hydrogens (primary N) is 2. The molecule has 5 N–H and O–H groups in total. The van der Waals surface area contributed by atoms with Crippen LogP contribution in [0.5, 0.6) is 0 Å². The Morgan fingerprint density at radius 3 is 2.68 bits per heavy atom. The van der Waals surface area contributed by atoms with Gasteiger partial charge in [-0.25, -0.2) is 0 Å². The fourth-order valence-electron chi connectivity index (χ4n) is 2.62. The summed E-state index contributed by atoms with van der Waals surface area (Å²) in [6.45, 7) is -0.258. The molecule has 1 aromatic rings. The van der Waals surface area contributed by atoms with Crippen molar-refractivity contribution in [1.29, 1.82) is 0 Å². The quantitative estimate of drug-likeness (QED) is 0.780. The molecule has 122 valence electrons. The minimum atomic E-state index is -4.49. The van der Waals surface area contributed by atoms with Crippen LogP contribution in [0.4, 0.5) is 13.2 Å². The van der Waals surface area contributed by atoms with Crippen LogP contribution in [-0.2, 0) is 17.5 Å². The minimum absolute atomic E-state index is 0.128. The Hall–Kier alpha value is -1.67. The monoisotopic (exact) mass is 316 g/mol. The zero-order chi connectivity index (χ0) is 16.3. The Labute approximate surface area is 126 Å². The largest absolute Gasteiger partial charge is 0.418 e. The number of halogens is 3. The van der Waals surface area contributed by atoms with Gasteiger partial charge in [0.15, 0.2) is 0 Å². The van der Waals surface area contributed by atoms with Crippen LogP contribution < -0.4 is 16.8 Å². The van der Waals surface area contributed by atoms with Gasteiger partial charge >= 0.3 is 6.18 Å². The van der Waals surface area contributed by atoms with Crippen LogP contribution in [-0.4, -0.2) is 23.0 Å². The highest BCUT2D eigenvalue weighted by atomic mass is 19.4. The molecule has 1 aliphatic rings. The van der Waals surface area contributed by atoms with E-state index in [2.05, 4.69) is 10.3 Å². The molecular weight excluding hydrogens is 297 g/mol. The van der Waals surface area contributed by atoms with Crippen molar-refractivity contribution in [1.82, 2.24) is 10.3 Å². The molecule has 0 radical (unpaired) electrons. The van der Waals surface area contributed by atoms with Crippen molar-refractivity contribution >= 4 is 5.91 Å². The van der Waals surface area contributed by atoms with Crippen LogP contribution in [0, 0.1) is 5.92 Å². The number of carbonyl (C=O) groups excluding carboxylic acids is 1. The Morgan fingerprint density at radius 1 is 1.32 bits per heavy atom. The maximum atomic E-state index is 12.8. The Bertz CT molecular complexity index is 535. The third-order valence-corrected chi connectivity index (χ3v) is 3.95. The molecule has 8 heteroatoms. The molecule has 1 saturated carbocycles. The van der Waals surface area contributed by atoms with Crippen LogP contribution in [0.25, 0.3) is 0 Å². The summed E-state index contributed by atoms with van der Waals surface area (Å²) in [5, 5.41) is 2.52. The van der Waals surface area contributed by atoms with E-state index in [4.69, 9.17) is 11.5 Å². The van der Waals surface area contributed by atoms with E-state index in [9.17, 15) is 18.0 Å². The summed E-state index contributed by atoms with van der Waals surface area (Å²) >= 11 is 0. The molecular formula is C14H19F3N4O. The topological polar surface area (TPSA) is 94.0 Å². The summed E-state index contributed by atoms with van der Waals surface area (Å²) in [5.41, 5.74) is 10.6. The van der Waals surface area contributed by atoms with Crippen LogP contribution in [0.2, 0.25) is 0 Å². The average molecular weight is 316 g/mol. The lowest BCUT2D eigenvalue weighted by atomic mass is 9.82. The highest BCUT2D eigenvalue weighted by molar-refractivity contribution is 5.78. The number of aromatic nitrogens is 1. The summed E-state index contributed by atoms with van der Waals surface area (Å²) in [6.07, 6.45) is -1.55. The highest BCUT2D eigenvalue weighted by Gasteiger charge is 2.34. The second-order valence-electron chi connectivity index (χ2n) is 5.55. The van der Waals surface area contributed by atoms with E-state index < -0.39 is 11.7 Å². The van der Waals surface area contributed by atoms with Gasteiger partial charge < -0.3 is 16.8 Å². The molecule has 22 heavy (non-hydrogen) atoms. The molecule has 1 fully saturated rings. The van der Waals surface area contributed by atoms with Crippen molar-refractivity contribution in [3.05, 3.63) is 29.6 Å². The first-order valence-electron chi connectivity index (χ1n) is 7.09. The average Bonchev–Trinajstić information content (AvgIpc) is 2.47. The number of hydrogen-bond acceptors (Lipinski definition) is 4. The molecule has 5 nitrogen and oxygen atoms in total. The Morgan fingerprint density at radius 2 is 2.05 bits per heavy atom. The van der Waals surface area contributed by atoms with Crippen molar-refractivity contribution in [3.8, 4) is 0 Å². The number of pyridine rings is 1. The van der Waals surface area contributed by atoms with Crippen molar-refractivity contribution in [2.75, 3.05) is 0 Å². The third-order valence-electron chi connectivity index (χ3n) is 3.95. The predicted octanol–water partition coefficient (Wildman–Crippen LogP) is 1.17. The predicted molar refractivity (Wildman–Crippen MR) is 74.4 cm³/mol. The molecule has 0 aromatic carbocycles. The second kappa shape index (κ2) is 6.62. The van der Waals surface area contributed by atoms with Crippen molar-refractivity contribution < 1.29 is 18.0 Å². The smallest absolute Gasteiger partial charge is 0.350 e. The van der Waals surface area contributed by atoms with Crippen molar-refractivity contribution in [2.45, 2.75) is 44.1 Å². The summed E-state index contributed by atoms with van der Waals surface area (Å²) in [4.78, 5) is 15.8. The fourth-order valence-corrected chi connectivity index (χ4v) is 2.62. The molecule has 3 atom stereocenters. The number of hydrogen-bond donors (Lipinski definition) is 3. The second-order valence-corrected chi connectivity index (χ2v) is 5.55. The molecule has 0 aliphatic heterocycles. The summed E-state index contributed by atoms with van der Waals surface area (Å²) in [7, 11) is 0. The molecule has 3 unspecified atom stereocenters. The maximum Gasteiger partial charge on any atom is 0.418 e. The molecule has 1 amide bonds. The van der Waals surface area contributed by atoms with Gasteiger partial charge in [0.25, 0.3) is 0 Å². The fraction of sp³-hybridized carbons (Fsp3) is 0.571. The number of carbonyl (C=O) groups is 1. The maximum absolute atomic E-state index is 12.8. The van der Waals surface area contributed by atoms with Gasteiger partial charge in [-0.15, -0.1) is 0 Å². The first kappa shape index (κ1) is 16.7. The van der Waals surface area contributed by atoms with Gasteiger partial charge in [-0.2, -0.15) is 13.2 Å². The van der Waals surface area contributed by atoms with E-state index in [0.29, 0.717) is 19.3 Å². The molecule has 1 heterocycles. The lowest BCUT2D eigenvalue weighted by Crippen LogP contribution is -2.48. The van der Waals surface area contributed by atoms with Crippen molar-refractivity contribution in [2.24, 2.45) is 17.4 Å². The standard InChI is InChI=1S/C14H19F3N4O/c15-14(16,17)9-2-1-5-20-12(9)7-21-13(22)8-3-4-10(18)11(19)6-8/h1-2,5,8,10-11H,3-4,6-7,18-19H2,(H,21,22). The van der Waals surface area contributed by atoms with Gasteiger partial charge in [-0.1, -0.05) is 0 Å². The van der Waals surface area contributed by atoms with Crippen LogP contribution >= 0.6 is 0 Å². The van der Waals surface area contributed by atoms with Gasteiger partial charge in [0.2, 0.25) is 5.91 Å². The molecule has 1 aromatic heterocycles. The van der Waals surface area contributed by atoms with E-state index in [0.717, 1.165) is 6.07 Å². The SMILES string of the molecule is NC1CCC(C(=O)NCc2ncccc2C(F)(F)F)CC1N. The Kier molecular flexibility index (Phi) is 5.02. The van der Waals surface area contributed by atoms with E-state index >= 15 is 0 Å². The van der Waals surface area contributed by atoms with Gasteiger partial charge in [0.1, 0.15) is 0 Å². The number of amides is 1. The normalized spacial score (nSPS) is 25.8. The molecule has 0 saturated heterocycles. The van der Waals surface area contributed by atoms with Gasteiger partial charge in [0.05, 0.1) is 17.8 Å². The van der Waals surface area contributed by atoms with Gasteiger partial charge in [-0.05, 0) is 31.4 Å². The van der Waals surface area contributed by atoms with Crippen LogP contribution in [0.1, 0.15) is 30.5 Å². The molecule has 2 rings (SSSR count). The number of nitrogens with one attached hydrogen (secondary N) is 1. The number of rotatable bonds is 3. The van der Waals surface area contributed by atoms with E-state index in [1.165, 1.54) is 12.3 Å². The number of nitrogens with zero attached hydrogens (tertiary/aromatic N) is 1. The third kappa shape index (κ3) is 3.95. The van der Waals surface area contributed by atoms with Crippen molar-refractivity contribution in [3.63, 3.8) is 0 Å².